The van der Waals surface area contributed by atoms with Crippen molar-refractivity contribution in [1.82, 2.24) is 20.2 Å². The number of hydrogen-bond acceptors (Lipinski definition) is 5. The molecule has 0 saturated heterocycles. The zero-order valence-corrected chi connectivity index (χ0v) is 14.7. The largest absolute Gasteiger partial charge is 0.338 e. The molecule has 2 aromatic carbocycles. The molecule has 0 unspecified atom stereocenters. The molecule has 0 saturated carbocycles. The number of carbonyl (C=O) groups excluding carboxylic acids is 1. The summed E-state index contributed by atoms with van der Waals surface area (Å²) in [5.74, 6) is -0.696. The van der Waals surface area contributed by atoms with E-state index >= 15 is 0 Å². The van der Waals surface area contributed by atoms with Crippen molar-refractivity contribution in [3.63, 3.8) is 0 Å². The van der Waals surface area contributed by atoms with Crippen LogP contribution in [0.3, 0.4) is 0 Å². The van der Waals surface area contributed by atoms with E-state index in [2.05, 4.69) is 25.5 Å². The molecule has 4 aromatic rings. The van der Waals surface area contributed by atoms with Crippen LogP contribution in [-0.2, 0) is 4.79 Å². The summed E-state index contributed by atoms with van der Waals surface area (Å²) in [6, 6.07) is 11.5. The summed E-state index contributed by atoms with van der Waals surface area (Å²) in [5, 5.41) is 12.3. The fourth-order valence-corrected chi connectivity index (χ4v) is 3.28. The Kier molecular flexibility index (Phi) is 4.44. The van der Waals surface area contributed by atoms with Gasteiger partial charge in [0.2, 0.25) is 11.1 Å². The topological polar surface area (TPSA) is 83.6 Å². The first-order valence-corrected chi connectivity index (χ1v) is 8.95. The summed E-state index contributed by atoms with van der Waals surface area (Å²) in [7, 11) is 0. The molecule has 2 N–H and O–H groups in total. The minimum Gasteiger partial charge on any atom is -0.338 e. The van der Waals surface area contributed by atoms with Gasteiger partial charge in [0.15, 0.2) is 5.65 Å². The molecule has 6 nitrogen and oxygen atoms in total. The Bertz CT molecular complexity index is 1130. The van der Waals surface area contributed by atoms with E-state index < -0.39 is 5.82 Å². The average Bonchev–Trinajstić information content (AvgIpc) is 3.00. The lowest BCUT2D eigenvalue weighted by Gasteiger charge is -2.06. The Morgan fingerprint density at radius 3 is 2.92 bits per heavy atom. The van der Waals surface area contributed by atoms with E-state index in [1.807, 2.05) is 24.3 Å². The van der Waals surface area contributed by atoms with E-state index in [0.29, 0.717) is 22.0 Å². The lowest BCUT2D eigenvalue weighted by Crippen LogP contribution is -2.14. The summed E-state index contributed by atoms with van der Waals surface area (Å²) in [5.41, 5.74) is 2.58. The predicted octanol–water partition coefficient (Wildman–Crippen LogP) is 4.03. The fourth-order valence-electron chi connectivity index (χ4n) is 2.47. The van der Waals surface area contributed by atoms with E-state index in [0.717, 1.165) is 28.7 Å². The van der Waals surface area contributed by atoms with Gasteiger partial charge in [-0.3, -0.25) is 4.79 Å². The van der Waals surface area contributed by atoms with Crippen LogP contribution in [0.5, 0.6) is 0 Å². The third-order valence-corrected chi connectivity index (χ3v) is 4.79. The number of aromatic amines is 1. The molecule has 1 amide bonds. The number of H-pyrrole nitrogens is 1. The van der Waals surface area contributed by atoms with Crippen molar-refractivity contribution in [1.29, 1.82) is 0 Å². The average molecular weight is 388 g/mol. The number of nitrogens with one attached hydrogen (secondary N) is 2. The molecule has 0 fully saturated rings. The molecule has 0 radical (unpaired) electrons. The van der Waals surface area contributed by atoms with Gasteiger partial charge >= 0.3 is 0 Å². The maximum absolute atomic E-state index is 13.0. The molecule has 26 heavy (non-hydrogen) atoms. The standard InChI is InChI=1S/C17H11ClFN5OS/c18-11-7-9(19)5-6-13(11)20-14(25)8-26-17-22-16-15(23-24-17)10-3-1-2-4-12(10)21-16/h1-7H,8H2,(H,20,25)(H,21,22,24). The first-order valence-electron chi connectivity index (χ1n) is 7.59. The number of thioether (sulfide) groups is 1. The number of hydrogen-bond donors (Lipinski definition) is 2. The molecule has 4 rings (SSSR count). The Labute approximate surface area is 156 Å². The Morgan fingerprint density at radius 1 is 1.23 bits per heavy atom. The second kappa shape index (κ2) is 6.89. The molecular weight excluding hydrogens is 377 g/mol. The quantitative estimate of drug-likeness (QED) is 0.516. The van der Waals surface area contributed by atoms with Crippen molar-refractivity contribution < 1.29 is 9.18 Å². The van der Waals surface area contributed by atoms with Crippen LogP contribution in [0.25, 0.3) is 22.1 Å². The molecule has 0 spiro atoms. The minimum absolute atomic E-state index is 0.0706. The summed E-state index contributed by atoms with van der Waals surface area (Å²) < 4.78 is 13.0. The van der Waals surface area contributed by atoms with Crippen molar-refractivity contribution in [3.05, 3.63) is 53.3 Å². The van der Waals surface area contributed by atoms with Crippen LogP contribution in [0.1, 0.15) is 0 Å². The molecule has 2 heterocycles. The van der Waals surface area contributed by atoms with Crippen molar-refractivity contribution >= 4 is 57.0 Å². The number of para-hydroxylation sites is 1. The van der Waals surface area contributed by atoms with Gasteiger partial charge in [-0.25, -0.2) is 9.37 Å². The molecular formula is C17H11ClFN5OS. The van der Waals surface area contributed by atoms with Crippen LogP contribution >= 0.6 is 23.4 Å². The highest BCUT2D eigenvalue weighted by molar-refractivity contribution is 7.99. The van der Waals surface area contributed by atoms with Crippen molar-refractivity contribution in [3.8, 4) is 0 Å². The number of nitrogens with zero attached hydrogens (tertiary/aromatic N) is 3. The van der Waals surface area contributed by atoms with Gasteiger partial charge in [-0.15, -0.1) is 10.2 Å². The smallest absolute Gasteiger partial charge is 0.234 e. The number of amides is 1. The second-order valence-corrected chi connectivity index (χ2v) is 6.77. The van der Waals surface area contributed by atoms with Gasteiger partial charge in [0.1, 0.15) is 11.3 Å². The number of rotatable bonds is 4. The maximum Gasteiger partial charge on any atom is 0.234 e. The zero-order valence-electron chi connectivity index (χ0n) is 13.2. The van der Waals surface area contributed by atoms with Gasteiger partial charge in [-0.2, -0.15) is 0 Å². The second-order valence-electron chi connectivity index (χ2n) is 5.42. The summed E-state index contributed by atoms with van der Waals surface area (Å²) in [4.78, 5) is 19.6. The minimum atomic E-state index is -0.464. The lowest BCUT2D eigenvalue weighted by molar-refractivity contribution is -0.113. The van der Waals surface area contributed by atoms with Crippen LogP contribution in [0.15, 0.2) is 47.6 Å². The third-order valence-electron chi connectivity index (χ3n) is 3.64. The van der Waals surface area contributed by atoms with Gasteiger partial charge in [0, 0.05) is 10.9 Å². The number of anilines is 1. The van der Waals surface area contributed by atoms with Crippen molar-refractivity contribution in [2.45, 2.75) is 5.16 Å². The number of aromatic nitrogens is 4. The summed E-state index contributed by atoms with van der Waals surface area (Å²) in [6.45, 7) is 0. The van der Waals surface area contributed by atoms with Gasteiger partial charge in [-0.05, 0) is 24.3 Å². The maximum atomic E-state index is 13.0. The van der Waals surface area contributed by atoms with Gasteiger partial charge < -0.3 is 10.3 Å². The van der Waals surface area contributed by atoms with Crippen molar-refractivity contribution in [2.24, 2.45) is 0 Å². The van der Waals surface area contributed by atoms with E-state index in [-0.39, 0.29) is 16.7 Å². The van der Waals surface area contributed by atoms with Gasteiger partial charge in [0.25, 0.3) is 0 Å². The van der Waals surface area contributed by atoms with Gasteiger partial charge in [0.05, 0.1) is 16.5 Å². The molecule has 0 aliphatic carbocycles. The van der Waals surface area contributed by atoms with Crippen LogP contribution in [0.4, 0.5) is 10.1 Å². The SMILES string of the molecule is O=C(CSc1nnc2c(n1)[nH]c1ccccc12)Nc1ccc(F)cc1Cl. The Hall–Kier alpha value is -2.71. The molecule has 0 aliphatic rings. The van der Waals surface area contributed by atoms with Crippen LogP contribution < -0.4 is 5.32 Å². The lowest BCUT2D eigenvalue weighted by atomic mass is 10.2. The normalized spacial score (nSPS) is 11.2. The first kappa shape index (κ1) is 16.7. The molecule has 2 aromatic heterocycles. The summed E-state index contributed by atoms with van der Waals surface area (Å²) in [6.07, 6.45) is 0. The van der Waals surface area contributed by atoms with E-state index in [9.17, 15) is 9.18 Å². The van der Waals surface area contributed by atoms with Crippen LogP contribution in [0, 0.1) is 5.82 Å². The highest BCUT2D eigenvalue weighted by Gasteiger charge is 2.12. The Morgan fingerprint density at radius 2 is 2.08 bits per heavy atom. The molecule has 130 valence electrons. The van der Waals surface area contributed by atoms with Crippen LogP contribution in [-0.4, -0.2) is 31.8 Å². The fraction of sp³-hybridized carbons (Fsp3) is 0.0588. The zero-order chi connectivity index (χ0) is 18.1. The van der Waals surface area contributed by atoms with Crippen LogP contribution in [0.2, 0.25) is 5.02 Å². The molecule has 0 aliphatic heterocycles. The summed E-state index contributed by atoms with van der Waals surface area (Å²) >= 11 is 7.04. The predicted molar refractivity (Wildman–Crippen MR) is 100.0 cm³/mol. The monoisotopic (exact) mass is 387 g/mol. The highest BCUT2D eigenvalue weighted by atomic mass is 35.5. The van der Waals surface area contributed by atoms with E-state index in [4.69, 9.17) is 11.6 Å². The first-order chi connectivity index (χ1) is 12.6. The van der Waals surface area contributed by atoms with Gasteiger partial charge in [-0.1, -0.05) is 41.6 Å². The van der Waals surface area contributed by atoms with E-state index in [1.165, 1.54) is 12.1 Å². The molecule has 0 atom stereocenters. The number of fused-ring (bicyclic) bond motifs is 3. The number of halogens is 2. The Balaban J connectivity index is 1.47. The molecule has 0 bridgehead atoms. The third kappa shape index (κ3) is 3.33. The highest BCUT2D eigenvalue weighted by Crippen LogP contribution is 2.24. The number of carbonyl (C=O) groups is 1. The number of benzene rings is 2. The molecule has 9 heteroatoms. The van der Waals surface area contributed by atoms with Crippen molar-refractivity contribution in [2.75, 3.05) is 11.1 Å². The van der Waals surface area contributed by atoms with E-state index in [1.54, 1.807) is 0 Å².